The zero-order valence-corrected chi connectivity index (χ0v) is 16.2. The van der Waals surface area contributed by atoms with Crippen LogP contribution in [-0.4, -0.2) is 29.0 Å². The average Bonchev–Trinajstić information content (AvgIpc) is 3.18. The van der Waals surface area contributed by atoms with Crippen LogP contribution < -0.4 is 5.32 Å². The number of rotatable bonds is 9. The SMILES string of the molecule is O=C(CN(Cc1ccco1)Cc1ccccc1O)NCCc1ccc(Cl)cc1. The summed E-state index contributed by atoms with van der Waals surface area (Å²) in [6.45, 7) is 1.67. The molecule has 2 N–H and O–H groups in total. The number of nitrogens with one attached hydrogen (secondary N) is 1. The van der Waals surface area contributed by atoms with Crippen LogP contribution in [-0.2, 0) is 24.3 Å². The summed E-state index contributed by atoms with van der Waals surface area (Å²) in [5.74, 6) is 0.912. The van der Waals surface area contributed by atoms with Crippen molar-refractivity contribution in [3.63, 3.8) is 0 Å². The van der Waals surface area contributed by atoms with Crippen molar-refractivity contribution in [1.29, 1.82) is 0 Å². The van der Waals surface area contributed by atoms with E-state index in [-0.39, 0.29) is 18.2 Å². The van der Waals surface area contributed by atoms with Crippen LogP contribution in [0.2, 0.25) is 5.02 Å². The molecular weight excluding hydrogens is 376 g/mol. The molecule has 0 aliphatic heterocycles. The molecule has 0 bridgehead atoms. The van der Waals surface area contributed by atoms with Gasteiger partial charge in [-0.15, -0.1) is 0 Å². The number of phenolic OH excluding ortho intramolecular Hbond substituents is 1. The third-order valence-corrected chi connectivity index (χ3v) is 4.61. The number of para-hydroxylation sites is 1. The maximum Gasteiger partial charge on any atom is 0.234 e. The lowest BCUT2D eigenvalue weighted by Crippen LogP contribution is -2.37. The van der Waals surface area contributed by atoms with Crippen LogP contribution in [0.4, 0.5) is 0 Å². The Hall–Kier alpha value is -2.76. The number of phenols is 1. The van der Waals surface area contributed by atoms with E-state index in [4.69, 9.17) is 16.0 Å². The number of carbonyl (C=O) groups is 1. The second-order valence-corrected chi connectivity index (χ2v) is 7.02. The molecule has 2 aromatic carbocycles. The molecule has 0 saturated heterocycles. The van der Waals surface area contributed by atoms with Crippen LogP contribution in [0.15, 0.2) is 71.3 Å². The predicted molar refractivity (Wildman–Crippen MR) is 109 cm³/mol. The molecule has 0 fully saturated rings. The molecule has 5 nitrogen and oxygen atoms in total. The van der Waals surface area contributed by atoms with E-state index in [9.17, 15) is 9.90 Å². The Labute approximate surface area is 169 Å². The van der Waals surface area contributed by atoms with Gasteiger partial charge in [-0.3, -0.25) is 9.69 Å². The number of hydrogen-bond acceptors (Lipinski definition) is 4. The molecule has 28 heavy (non-hydrogen) atoms. The minimum Gasteiger partial charge on any atom is -0.508 e. The highest BCUT2D eigenvalue weighted by molar-refractivity contribution is 6.30. The number of hydrogen-bond donors (Lipinski definition) is 2. The van der Waals surface area contributed by atoms with E-state index in [1.165, 1.54) is 0 Å². The highest BCUT2D eigenvalue weighted by Gasteiger charge is 2.15. The van der Waals surface area contributed by atoms with Gasteiger partial charge >= 0.3 is 0 Å². The third kappa shape index (κ3) is 6.15. The average molecular weight is 399 g/mol. The standard InChI is InChI=1S/C22H23ClN2O3/c23-19-9-7-17(8-10-19)11-12-24-22(27)16-25(15-20-5-3-13-28-20)14-18-4-1-2-6-21(18)26/h1-10,13,26H,11-12,14-16H2,(H,24,27). The summed E-state index contributed by atoms with van der Waals surface area (Å²) in [7, 11) is 0. The Bertz CT molecular complexity index is 879. The molecule has 146 valence electrons. The van der Waals surface area contributed by atoms with Gasteiger partial charge in [-0.25, -0.2) is 0 Å². The van der Waals surface area contributed by atoms with Crippen molar-refractivity contribution in [2.45, 2.75) is 19.5 Å². The Kier molecular flexibility index (Phi) is 7.12. The quantitative estimate of drug-likeness (QED) is 0.571. The summed E-state index contributed by atoms with van der Waals surface area (Å²) < 4.78 is 5.42. The van der Waals surface area contributed by atoms with Crippen LogP contribution in [0.5, 0.6) is 5.75 Å². The van der Waals surface area contributed by atoms with Crippen molar-refractivity contribution in [3.05, 3.63) is 88.8 Å². The molecule has 0 radical (unpaired) electrons. The lowest BCUT2D eigenvalue weighted by molar-refractivity contribution is -0.122. The number of aromatic hydroxyl groups is 1. The van der Waals surface area contributed by atoms with Gasteiger partial charge in [0.2, 0.25) is 5.91 Å². The molecule has 1 amide bonds. The third-order valence-electron chi connectivity index (χ3n) is 4.36. The summed E-state index contributed by atoms with van der Waals surface area (Å²) in [5, 5.41) is 13.7. The van der Waals surface area contributed by atoms with Gasteiger partial charge in [-0.05, 0) is 42.3 Å². The second-order valence-electron chi connectivity index (χ2n) is 6.58. The number of furan rings is 1. The molecule has 0 unspecified atom stereocenters. The van der Waals surface area contributed by atoms with E-state index < -0.39 is 0 Å². The smallest absolute Gasteiger partial charge is 0.234 e. The van der Waals surface area contributed by atoms with E-state index in [2.05, 4.69) is 5.32 Å². The summed E-state index contributed by atoms with van der Waals surface area (Å²) in [6.07, 6.45) is 2.35. The normalized spacial score (nSPS) is 10.9. The molecule has 0 aliphatic carbocycles. The van der Waals surface area contributed by atoms with Gasteiger partial charge in [-0.2, -0.15) is 0 Å². The number of nitrogens with zero attached hydrogens (tertiary/aromatic N) is 1. The first-order valence-electron chi connectivity index (χ1n) is 9.13. The van der Waals surface area contributed by atoms with Crippen molar-refractivity contribution in [1.82, 2.24) is 10.2 Å². The molecule has 0 saturated carbocycles. The topological polar surface area (TPSA) is 65.7 Å². The van der Waals surface area contributed by atoms with Gasteiger partial charge in [0, 0.05) is 23.7 Å². The fourth-order valence-corrected chi connectivity index (χ4v) is 3.06. The highest BCUT2D eigenvalue weighted by Crippen LogP contribution is 2.19. The monoisotopic (exact) mass is 398 g/mol. The van der Waals surface area contributed by atoms with Crippen molar-refractivity contribution < 1.29 is 14.3 Å². The molecule has 3 aromatic rings. The molecule has 3 rings (SSSR count). The van der Waals surface area contributed by atoms with Gasteiger partial charge < -0.3 is 14.8 Å². The van der Waals surface area contributed by atoms with Gasteiger partial charge in [0.25, 0.3) is 0 Å². The van der Waals surface area contributed by atoms with E-state index >= 15 is 0 Å². The second kappa shape index (κ2) is 9.97. The maximum absolute atomic E-state index is 12.4. The van der Waals surface area contributed by atoms with Crippen LogP contribution >= 0.6 is 11.6 Å². The summed E-state index contributed by atoms with van der Waals surface area (Å²) in [4.78, 5) is 14.4. The number of benzene rings is 2. The summed E-state index contributed by atoms with van der Waals surface area (Å²) in [6, 6.07) is 18.4. The first-order valence-corrected chi connectivity index (χ1v) is 9.51. The van der Waals surface area contributed by atoms with Crippen LogP contribution in [0, 0.1) is 0 Å². The zero-order chi connectivity index (χ0) is 19.8. The number of halogens is 1. The molecule has 0 spiro atoms. The minimum atomic E-state index is -0.0732. The van der Waals surface area contributed by atoms with Gasteiger partial charge in [0.15, 0.2) is 0 Å². The number of amides is 1. The zero-order valence-electron chi connectivity index (χ0n) is 15.5. The molecule has 0 aliphatic rings. The van der Waals surface area contributed by atoms with Crippen molar-refractivity contribution in [3.8, 4) is 5.75 Å². The summed E-state index contributed by atoms with van der Waals surface area (Å²) in [5.41, 5.74) is 1.88. The van der Waals surface area contributed by atoms with Crippen LogP contribution in [0.3, 0.4) is 0 Å². The molecule has 1 heterocycles. The Morgan fingerprint density at radius 3 is 2.54 bits per heavy atom. The fourth-order valence-electron chi connectivity index (χ4n) is 2.93. The van der Waals surface area contributed by atoms with Gasteiger partial charge in [-0.1, -0.05) is 41.9 Å². The largest absolute Gasteiger partial charge is 0.508 e. The Morgan fingerprint density at radius 1 is 1.04 bits per heavy atom. The lowest BCUT2D eigenvalue weighted by atomic mass is 10.1. The molecule has 1 aromatic heterocycles. The van der Waals surface area contributed by atoms with Crippen LogP contribution in [0.25, 0.3) is 0 Å². The minimum absolute atomic E-state index is 0.0732. The first-order chi connectivity index (χ1) is 13.6. The van der Waals surface area contributed by atoms with E-state index in [1.807, 2.05) is 53.4 Å². The Balaban J connectivity index is 1.55. The van der Waals surface area contributed by atoms with Gasteiger partial charge in [0.1, 0.15) is 11.5 Å². The predicted octanol–water partition coefficient (Wildman–Crippen LogP) is 4.00. The van der Waals surface area contributed by atoms with Crippen LogP contribution in [0.1, 0.15) is 16.9 Å². The first kappa shape index (κ1) is 20.0. The van der Waals surface area contributed by atoms with E-state index in [1.54, 1.807) is 18.4 Å². The van der Waals surface area contributed by atoms with Gasteiger partial charge in [0.05, 0.1) is 19.4 Å². The summed E-state index contributed by atoms with van der Waals surface area (Å²) >= 11 is 5.89. The van der Waals surface area contributed by atoms with Crippen molar-refractivity contribution in [2.75, 3.05) is 13.1 Å². The maximum atomic E-state index is 12.4. The van der Waals surface area contributed by atoms with Crippen molar-refractivity contribution >= 4 is 17.5 Å². The van der Waals surface area contributed by atoms with E-state index in [0.717, 1.165) is 23.3 Å². The molecule has 0 atom stereocenters. The fraction of sp³-hybridized carbons (Fsp3) is 0.227. The Morgan fingerprint density at radius 2 is 1.82 bits per heavy atom. The number of carbonyl (C=O) groups excluding carboxylic acids is 1. The lowest BCUT2D eigenvalue weighted by Gasteiger charge is -2.21. The van der Waals surface area contributed by atoms with Crippen molar-refractivity contribution in [2.24, 2.45) is 0 Å². The molecular formula is C22H23ClN2O3. The van der Waals surface area contributed by atoms with E-state index in [0.29, 0.717) is 24.7 Å². The molecule has 6 heteroatoms. The highest BCUT2D eigenvalue weighted by atomic mass is 35.5.